The van der Waals surface area contributed by atoms with Crippen molar-refractivity contribution in [2.45, 2.75) is 77.9 Å². The van der Waals surface area contributed by atoms with E-state index in [-0.39, 0.29) is 23.9 Å². The highest BCUT2D eigenvalue weighted by Gasteiger charge is 2.54. The molecule has 1 saturated heterocycles. The molecule has 3 aromatic carbocycles. The van der Waals surface area contributed by atoms with E-state index in [2.05, 4.69) is 74.6 Å². The minimum absolute atomic E-state index is 0.165. The summed E-state index contributed by atoms with van der Waals surface area (Å²) < 4.78 is 11.8. The summed E-state index contributed by atoms with van der Waals surface area (Å²) >= 11 is 0. The van der Waals surface area contributed by atoms with Gasteiger partial charge in [0.15, 0.2) is 0 Å². The maximum Gasteiger partial charge on any atom is 0.303 e. The Bertz CT molecular complexity index is 1380. The molecular formula is C34H39NO4. The third-order valence-electron chi connectivity index (χ3n) is 9.25. The van der Waals surface area contributed by atoms with Gasteiger partial charge in [-0.15, -0.1) is 0 Å². The van der Waals surface area contributed by atoms with Crippen molar-refractivity contribution in [2.75, 3.05) is 18.5 Å². The molecule has 204 valence electrons. The summed E-state index contributed by atoms with van der Waals surface area (Å²) in [5, 5.41) is 13.1. The van der Waals surface area contributed by atoms with Crippen LogP contribution in [0, 0.1) is 26.2 Å². The Morgan fingerprint density at radius 1 is 1.05 bits per heavy atom. The maximum atomic E-state index is 11.5. The van der Waals surface area contributed by atoms with E-state index < -0.39 is 5.97 Å². The molecule has 1 aliphatic heterocycles. The molecule has 39 heavy (non-hydrogen) atoms. The van der Waals surface area contributed by atoms with E-state index in [1.807, 2.05) is 0 Å². The number of aliphatic carboxylic acids is 1. The summed E-state index contributed by atoms with van der Waals surface area (Å²) in [6, 6.07) is 17.5. The van der Waals surface area contributed by atoms with Crippen LogP contribution in [0.5, 0.6) is 5.75 Å². The van der Waals surface area contributed by atoms with Gasteiger partial charge in [-0.25, -0.2) is 0 Å². The van der Waals surface area contributed by atoms with Gasteiger partial charge in [0.2, 0.25) is 0 Å². The van der Waals surface area contributed by atoms with Gasteiger partial charge in [-0.1, -0.05) is 24.3 Å². The molecule has 5 nitrogen and oxygen atoms in total. The minimum Gasteiger partial charge on any atom is -0.490 e. The smallest absolute Gasteiger partial charge is 0.303 e. The Morgan fingerprint density at radius 2 is 1.79 bits per heavy atom. The van der Waals surface area contributed by atoms with Gasteiger partial charge in [0.05, 0.1) is 19.6 Å². The number of aryl methyl sites for hydroxylation is 2. The zero-order valence-electron chi connectivity index (χ0n) is 23.3. The van der Waals surface area contributed by atoms with Gasteiger partial charge < -0.3 is 19.9 Å². The lowest BCUT2D eigenvalue weighted by atomic mass is 9.87. The van der Waals surface area contributed by atoms with Gasteiger partial charge in [-0.2, -0.15) is 0 Å². The molecule has 1 spiro atoms. The molecule has 1 saturated carbocycles. The summed E-state index contributed by atoms with van der Waals surface area (Å²) in [5.41, 5.74) is 11.4. The first-order valence-corrected chi connectivity index (χ1v) is 14.4. The van der Waals surface area contributed by atoms with E-state index in [4.69, 9.17) is 9.47 Å². The molecule has 2 fully saturated rings. The number of anilines is 1. The van der Waals surface area contributed by atoms with Crippen molar-refractivity contribution in [3.8, 4) is 16.9 Å². The van der Waals surface area contributed by atoms with E-state index in [9.17, 15) is 9.90 Å². The van der Waals surface area contributed by atoms with Crippen LogP contribution in [0.2, 0.25) is 0 Å². The SMILES string of the molecule is Cc1cc(OC2CCOCC2)cc(C)c1-c1cccc(CNc2ccc3c(c2)CC2(CC2)C3CC(=O)O)c1C. The fourth-order valence-electron chi connectivity index (χ4n) is 6.97. The highest BCUT2D eigenvalue weighted by molar-refractivity contribution is 5.75. The van der Waals surface area contributed by atoms with Gasteiger partial charge in [0, 0.05) is 31.0 Å². The Balaban J connectivity index is 1.19. The van der Waals surface area contributed by atoms with Crippen molar-refractivity contribution in [1.29, 1.82) is 0 Å². The normalized spacial score (nSPS) is 19.6. The maximum absolute atomic E-state index is 11.5. The van der Waals surface area contributed by atoms with Crippen molar-refractivity contribution in [2.24, 2.45) is 5.41 Å². The van der Waals surface area contributed by atoms with Crippen LogP contribution in [0.1, 0.15) is 71.4 Å². The fourth-order valence-corrected chi connectivity index (χ4v) is 6.97. The molecule has 0 amide bonds. The summed E-state index contributed by atoms with van der Waals surface area (Å²) in [6.07, 6.45) is 5.68. The Hall–Kier alpha value is -3.31. The minimum atomic E-state index is -0.691. The Kier molecular flexibility index (Phi) is 6.88. The van der Waals surface area contributed by atoms with Crippen molar-refractivity contribution in [1.82, 2.24) is 0 Å². The van der Waals surface area contributed by atoms with E-state index >= 15 is 0 Å². The number of carboxylic acid groups (broad SMARTS) is 1. The van der Waals surface area contributed by atoms with E-state index in [0.717, 1.165) is 63.3 Å². The zero-order valence-corrected chi connectivity index (χ0v) is 23.3. The van der Waals surface area contributed by atoms with Crippen LogP contribution in [-0.4, -0.2) is 30.4 Å². The second kappa shape index (κ2) is 10.3. The molecule has 6 rings (SSSR count). The topological polar surface area (TPSA) is 67.8 Å². The lowest BCUT2D eigenvalue weighted by Crippen LogP contribution is -2.25. The molecule has 2 N–H and O–H groups in total. The number of hydrogen-bond donors (Lipinski definition) is 2. The number of rotatable bonds is 8. The molecular weight excluding hydrogens is 486 g/mol. The van der Waals surface area contributed by atoms with Crippen LogP contribution < -0.4 is 10.1 Å². The lowest BCUT2D eigenvalue weighted by molar-refractivity contribution is -0.137. The van der Waals surface area contributed by atoms with Gasteiger partial charge in [-0.05, 0) is 114 Å². The van der Waals surface area contributed by atoms with Crippen molar-refractivity contribution in [3.05, 3.63) is 81.9 Å². The zero-order chi connectivity index (χ0) is 27.1. The standard InChI is InChI=1S/C34H39NO4/c1-21-15-28(39-27-9-13-38-14-10-27)16-22(2)33(21)29-6-4-5-24(23(29)3)20-35-26-7-8-30-25(17-26)19-34(11-12-34)31(30)18-32(36)37/h4-8,15-17,27,31,35H,9-14,18-20H2,1-3H3,(H,36,37). The third kappa shape index (κ3) is 5.17. The molecule has 0 radical (unpaired) electrons. The van der Waals surface area contributed by atoms with Crippen molar-refractivity contribution >= 4 is 11.7 Å². The van der Waals surface area contributed by atoms with E-state index in [1.165, 1.54) is 44.5 Å². The van der Waals surface area contributed by atoms with Crippen molar-refractivity contribution in [3.63, 3.8) is 0 Å². The van der Waals surface area contributed by atoms with Gasteiger partial charge in [0.25, 0.3) is 0 Å². The fraction of sp³-hybridized carbons (Fsp3) is 0.441. The number of nitrogens with one attached hydrogen (secondary N) is 1. The van der Waals surface area contributed by atoms with Gasteiger partial charge in [0.1, 0.15) is 11.9 Å². The number of ether oxygens (including phenoxy) is 2. The molecule has 0 bridgehead atoms. The number of fused-ring (bicyclic) bond motifs is 1. The average molecular weight is 526 g/mol. The molecule has 3 aromatic rings. The molecule has 0 aromatic heterocycles. The van der Waals surface area contributed by atoms with Crippen LogP contribution >= 0.6 is 0 Å². The lowest BCUT2D eigenvalue weighted by Gasteiger charge is -2.24. The second-order valence-corrected chi connectivity index (χ2v) is 11.9. The summed E-state index contributed by atoms with van der Waals surface area (Å²) in [4.78, 5) is 11.5. The third-order valence-corrected chi connectivity index (χ3v) is 9.25. The van der Waals surface area contributed by atoms with Crippen LogP contribution in [0.3, 0.4) is 0 Å². The second-order valence-electron chi connectivity index (χ2n) is 11.9. The van der Waals surface area contributed by atoms with Crippen LogP contribution in [-0.2, 0) is 22.5 Å². The predicted octanol–water partition coefficient (Wildman–Crippen LogP) is 7.34. The van der Waals surface area contributed by atoms with E-state index in [0.29, 0.717) is 0 Å². The first kappa shape index (κ1) is 25.9. The molecule has 1 unspecified atom stereocenters. The quantitative estimate of drug-likeness (QED) is 0.322. The molecule has 2 aliphatic carbocycles. The average Bonchev–Trinajstić information content (AvgIpc) is 3.61. The van der Waals surface area contributed by atoms with Crippen LogP contribution in [0.15, 0.2) is 48.5 Å². The molecule has 5 heteroatoms. The summed E-state index contributed by atoms with van der Waals surface area (Å²) in [7, 11) is 0. The van der Waals surface area contributed by atoms with Crippen molar-refractivity contribution < 1.29 is 19.4 Å². The van der Waals surface area contributed by atoms with Crippen LogP contribution in [0.25, 0.3) is 11.1 Å². The molecule has 3 aliphatic rings. The van der Waals surface area contributed by atoms with Crippen LogP contribution in [0.4, 0.5) is 5.69 Å². The number of benzene rings is 3. The number of hydrogen-bond acceptors (Lipinski definition) is 4. The predicted molar refractivity (Wildman–Crippen MR) is 155 cm³/mol. The molecule has 1 atom stereocenters. The van der Waals surface area contributed by atoms with Gasteiger partial charge in [-0.3, -0.25) is 4.79 Å². The number of carboxylic acids is 1. The monoisotopic (exact) mass is 525 g/mol. The first-order chi connectivity index (χ1) is 18.8. The molecule has 1 heterocycles. The van der Waals surface area contributed by atoms with Gasteiger partial charge >= 0.3 is 5.97 Å². The largest absolute Gasteiger partial charge is 0.490 e. The highest BCUT2D eigenvalue weighted by atomic mass is 16.5. The first-order valence-electron chi connectivity index (χ1n) is 14.4. The highest BCUT2D eigenvalue weighted by Crippen LogP contribution is 2.64. The Morgan fingerprint density at radius 3 is 2.49 bits per heavy atom. The van der Waals surface area contributed by atoms with E-state index in [1.54, 1.807) is 0 Å². The summed E-state index contributed by atoms with van der Waals surface area (Å²) in [6.45, 7) is 8.87. The Labute approximate surface area is 231 Å². The summed E-state index contributed by atoms with van der Waals surface area (Å²) in [5.74, 6) is 0.424. The number of carbonyl (C=O) groups is 1.